The van der Waals surface area contributed by atoms with Gasteiger partial charge < -0.3 is 18.1 Å². The quantitative estimate of drug-likeness (QED) is 0.783. The van der Waals surface area contributed by atoms with Gasteiger partial charge >= 0.3 is 6.98 Å². The predicted octanol–water partition coefficient (Wildman–Crippen LogP) is 1.99. The zero-order valence-electron chi connectivity index (χ0n) is 7.96. The molecule has 6 heteroatoms. The van der Waals surface area contributed by atoms with E-state index >= 15 is 0 Å². The molecule has 1 saturated carbocycles. The summed E-state index contributed by atoms with van der Waals surface area (Å²) < 4.78 is 36.5. The smallest absolute Gasteiger partial charge is 0.449 e. The minimum Gasteiger partial charge on any atom is -0.449 e. The first-order chi connectivity index (χ1) is 6.89. The monoisotopic (exact) mass is 216 g/mol. The number of rotatable bonds is 3. The van der Waals surface area contributed by atoms with Crippen molar-refractivity contribution in [1.82, 2.24) is 4.98 Å². The topological polar surface area (TPSA) is 33.1 Å². The summed E-state index contributed by atoms with van der Waals surface area (Å²) >= 11 is 0. The summed E-state index contributed by atoms with van der Waals surface area (Å²) in [7, 11) is 0. The van der Waals surface area contributed by atoms with Crippen LogP contribution in [0.5, 0.6) is 0 Å². The Hall–Kier alpha value is -1.04. The molecule has 2 nitrogen and oxygen atoms in total. The highest BCUT2D eigenvalue weighted by atomic mass is 19.4. The van der Waals surface area contributed by atoms with E-state index in [1.165, 1.54) is 18.3 Å². The van der Waals surface area contributed by atoms with Crippen LogP contribution in [0.25, 0.3) is 0 Å². The minimum absolute atomic E-state index is 0.174. The van der Waals surface area contributed by atoms with E-state index in [0.29, 0.717) is 18.5 Å². The van der Waals surface area contributed by atoms with Crippen molar-refractivity contribution in [3.63, 3.8) is 0 Å². The summed E-state index contributed by atoms with van der Waals surface area (Å²) in [6.45, 7) is -4.83. The van der Waals surface area contributed by atoms with Gasteiger partial charge in [-0.25, -0.2) is 0 Å². The van der Waals surface area contributed by atoms with E-state index in [4.69, 9.17) is 0 Å². The number of aliphatic hydroxyl groups is 1. The molecule has 1 fully saturated rings. The highest BCUT2D eigenvalue weighted by Gasteiger charge is 2.43. The van der Waals surface area contributed by atoms with Crippen molar-refractivity contribution in [2.24, 2.45) is 0 Å². The van der Waals surface area contributed by atoms with E-state index in [9.17, 15) is 18.1 Å². The number of pyridine rings is 1. The van der Waals surface area contributed by atoms with Crippen LogP contribution in [0.1, 0.15) is 24.1 Å². The summed E-state index contributed by atoms with van der Waals surface area (Å²) in [5, 5.41) is 9.68. The molecule has 15 heavy (non-hydrogen) atoms. The maximum atomic E-state index is 12.2. The van der Waals surface area contributed by atoms with Gasteiger partial charge in [0.15, 0.2) is 0 Å². The first-order valence-electron chi connectivity index (χ1n) is 4.78. The molecule has 1 aliphatic rings. The lowest BCUT2D eigenvalue weighted by molar-refractivity contribution is 0.146. The van der Waals surface area contributed by atoms with Gasteiger partial charge in [-0.1, -0.05) is 11.9 Å². The fourth-order valence-corrected chi connectivity index (χ4v) is 1.50. The number of nitrogens with zero attached hydrogens (tertiary/aromatic N) is 1. The maximum Gasteiger partial charge on any atom is 0.482 e. The Morgan fingerprint density at radius 3 is 2.60 bits per heavy atom. The lowest BCUT2D eigenvalue weighted by Gasteiger charge is -2.15. The van der Waals surface area contributed by atoms with Gasteiger partial charge in [-0.05, 0) is 25.0 Å². The summed E-state index contributed by atoms with van der Waals surface area (Å²) in [6, 6.07) is 2.69. The second-order valence-corrected chi connectivity index (χ2v) is 4.00. The van der Waals surface area contributed by atoms with Gasteiger partial charge in [-0.15, -0.1) is 0 Å². The third kappa shape index (κ3) is 2.50. The standard InChI is InChI=1S/C9H10BF3NO/c11-10(12,13)6-7-1-4-14-8(5-7)9(15)2-3-9/h1,4-5,15H,2-3,6H2/q-1. The lowest BCUT2D eigenvalue weighted by Crippen LogP contribution is -2.20. The van der Waals surface area contributed by atoms with Crippen LogP contribution in [0.4, 0.5) is 12.9 Å². The van der Waals surface area contributed by atoms with Gasteiger partial charge in [0.2, 0.25) is 0 Å². The highest BCUT2D eigenvalue weighted by Crippen LogP contribution is 2.44. The molecule has 0 spiro atoms. The molecular weight excluding hydrogens is 206 g/mol. The average molecular weight is 216 g/mol. The Kier molecular flexibility index (Phi) is 2.26. The average Bonchev–Trinajstić information content (AvgIpc) is 2.82. The largest absolute Gasteiger partial charge is 0.482 e. The van der Waals surface area contributed by atoms with Crippen LogP contribution in [0.3, 0.4) is 0 Å². The molecule has 1 heterocycles. The van der Waals surface area contributed by atoms with Crippen molar-refractivity contribution >= 4 is 6.98 Å². The van der Waals surface area contributed by atoms with Crippen molar-refractivity contribution in [3.8, 4) is 0 Å². The molecule has 0 bridgehead atoms. The number of aromatic nitrogens is 1. The highest BCUT2D eigenvalue weighted by molar-refractivity contribution is 6.57. The van der Waals surface area contributed by atoms with Crippen molar-refractivity contribution in [2.75, 3.05) is 0 Å². The van der Waals surface area contributed by atoms with Crippen LogP contribution in [0.15, 0.2) is 18.3 Å². The third-order valence-electron chi connectivity index (χ3n) is 2.49. The molecule has 0 amide bonds. The molecule has 0 radical (unpaired) electrons. The van der Waals surface area contributed by atoms with Gasteiger partial charge in [0.1, 0.15) is 5.60 Å². The van der Waals surface area contributed by atoms with Gasteiger partial charge in [0, 0.05) is 6.20 Å². The molecule has 1 aliphatic carbocycles. The van der Waals surface area contributed by atoms with Gasteiger partial charge in [0.25, 0.3) is 0 Å². The Morgan fingerprint density at radius 2 is 2.07 bits per heavy atom. The molecular formula is C9H10BF3NO-. The summed E-state index contributed by atoms with van der Waals surface area (Å²) in [4.78, 5) is 3.89. The lowest BCUT2D eigenvalue weighted by atomic mass is 9.82. The fraction of sp³-hybridized carbons (Fsp3) is 0.444. The molecule has 0 aromatic carbocycles. The van der Waals surface area contributed by atoms with Crippen LogP contribution >= 0.6 is 0 Å². The second-order valence-electron chi connectivity index (χ2n) is 4.00. The summed E-state index contributed by atoms with van der Waals surface area (Å²) in [6.07, 6.45) is 1.58. The summed E-state index contributed by atoms with van der Waals surface area (Å²) in [5.74, 6) is 0. The zero-order chi connectivity index (χ0) is 11.1. The molecule has 2 rings (SSSR count). The van der Waals surface area contributed by atoms with E-state index in [0.717, 1.165) is 0 Å². The molecule has 0 saturated heterocycles. The molecule has 0 atom stereocenters. The third-order valence-corrected chi connectivity index (χ3v) is 2.49. The number of hydrogen-bond acceptors (Lipinski definition) is 2. The normalized spacial score (nSPS) is 18.9. The molecule has 1 aromatic heterocycles. The first kappa shape index (κ1) is 10.5. The molecule has 1 aromatic rings. The van der Waals surface area contributed by atoms with Crippen LogP contribution in [-0.2, 0) is 11.9 Å². The van der Waals surface area contributed by atoms with Crippen LogP contribution in [-0.4, -0.2) is 17.1 Å². The van der Waals surface area contributed by atoms with Crippen molar-refractivity contribution in [1.29, 1.82) is 0 Å². The Balaban J connectivity index is 2.20. The molecule has 0 unspecified atom stereocenters. The molecule has 1 N–H and O–H groups in total. The zero-order valence-corrected chi connectivity index (χ0v) is 7.96. The number of halogens is 3. The second kappa shape index (κ2) is 3.23. The van der Waals surface area contributed by atoms with Crippen molar-refractivity contribution < 1.29 is 18.1 Å². The SMILES string of the molecule is OC1(c2cc(C[B-](F)(F)F)ccn2)CC1. The summed E-state index contributed by atoms with van der Waals surface area (Å²) in [5.41, 5.74) is -0.429. The predicted molar refractivity (Wildman–Crippen MR) is 50.1 cm³/mol. The maximum absolute atomic E-state index is 12.2. The van der Waals surface area contributed by atoms with Crippen LogP contribution in [0, 0.1) is 0 Å². The van der Waals surface area contributed by atoms with Gasteiger partial charge in [-0.2, -0.15) is 0 Å². The minimum atomic E-state index is -4.83. The van der Waals surface area contributed by atoms with E-state index in [2.05, 4.69) is 4.98 Å². The fourth-order valence-electron chi connectivity index (χ4n) is 1.50. The Labute approximate surface area is 85.2 Å². The van der Waals surface area contributed by atoms with Crippen LogP contribution < -0.4 is 0 Å². The van der Waals surface area contributed by atoms with Crippen molar-refractivity contribution in [3.05, 3.63) is 29.6 Å². The van der Waals surface area contributed by atoms with E-state index in [-0.39, 0.29) is 5.56 Å². The molecule has 82 valence electrons. The number of hydrogen-bond donors (Lipinski definition) is 1. The van der Waals surface area contributed by atoms with E-state index in [1.54, 1.807) is 0 Å². The van der Waals surface area contributed by atoms with E-state index in [1.807, 2.05) is 0 Å². The Bertz CT molecular complexity index is 376. The molecule has 0 aliphatic heterocycles. The first-order valence-corrected chi connectivity index (χ1v) is 4.78. The van der Waals surface area contributed by atoms with E-state index < -0.39 is 18.9 Å². The van der Waals surface area contributed by atoms with Crippen molar-refractivity contribution in [2.45, 2.75) is 24.8 Å². The van der Waals surface area contributed by atoms with Crippen LogP contribution in [0.2, 0.25) is 0 Å². The van der Waals surface area contributed by atoms with Gasteiger partial charge in [-0.3, -0.25) is 4.98 Å². The van der Waals surface area contributed by atoms with Gasteiger partial charge in [0.05, 0.1) is 5.69 Å². The Morgan fingerprint density at radius 1 is 1.40 bits per heavy atom.